The molecule has 0 saturated carbocycles. The van der Waals surface area contributed by atoms with Crippen LogP contribution in [-0.2, 0) is 11.0 Å². The molecular formula is C6H3F6NO2S. The minimum atomic E-state index is -5.08. The fourth-order valence-corrected chi connectivity index (χ4v) is 0.869. The van der Waals surface area contributed by atoms with Crippen molar-refractivity contribution in [2.75, 3.05) is 0 Å². The van der Waals surface area contributed by atoms with Crippen molar-refractivity contribution in [2.45, 2.75) is 12.4 Å². The first-order valence-corrected chi connectivity index (χ1v) is 4.20. The number of hydrogen-bond acceptors (Lipinski definition) is 3. The largest absolute Gasteiger partial charge is 0.490 e. The van der Waals surface area contributed by atoms with Gasteiger partial charge in [-0.15, -0.1) is 11.3 Å². The zero-order valence-corrected chi connectivity index (χ0v) is 7.95. The van der Waals surface area contributed by atoms with Gasteiger partial charge < -0.3 is 5.11 Å². The van der Waals surface area contributed by atoms with Crippen molar-refractivity contribution in [3.8, 4) is 0 Å². The minimum Gasteiger partial charge on any atom is -0.475 e. The molecule has 1 aromatic heterocycles. The maximum absolute atomic E-state index is 11.6. The highest BCUT2D eigenvalue weighted by Gasteiger charge is 2.38. The zero-order chi connectivity index (χ0) is 13.0. The smallest absolute Gasteiger partial charge is 0.475 e. The molecule has 0 spiro atoms. The molecule has 1 N–H and O–H groups in total. The van der Waals surface area contributed by atoms with Gasteiger partial charge in [-0.25, -0.2) is 9.78 Å². The molecule has 0 aliphatic heterocycles. The molecule has 10 heteroatoms. The number of carboxylic acids is 1. The Morgan fingerprint density at radius 1 is 1.25 bits per heavy atom. The third kappa shape index (κ3) is 5.53. The molecule has 1 heterocycles. The van der Waals surface area contributed by atoms with Crippen LogP contribution in [0.4, 0.5) is 26.3 Å². The highest BCUT2D eigenvalue weighted by atomic mass is 32.1. The molecule has 0 radical (unpaired) electrons. The molecule has 0 bridgehead atoms. The van der Waals surface area contributed by atoms with Crippen LogP contribution >= 0.6 is 11.3 Å². The molecule has 0 aliphatic carbocycles. The molecule has 0 aromatic carbocycles. The molecule has 16 heavy (non-hydrogen) atoms. The molecule has 0 amide bonds. The van der Waals surface area contributed by atoms with E-state index in [1.54, 1.807) is 0 Å². The minimum absolute atomic E-state index is 0.594. The maximum atomic E-state index is 11.6. The summed E-state index contributed by atoms with van der Waals surface area (Å²) in [6.07, 6.45) is -8.22. The summed E-state index contributed by atoms with van der Waals surface area (Å²) in [6, 6.07) is 0. The molecule has 1 rings (SSSR count). The van der Waals surface area contributed by atoms with Gasteiger partial charge in [0, 0.05) is 11.6 Å². The molecule has 1 aromatic rings. The fraction of sp³-hybridized carbons (Fsp3) is 0.333. The van der Waals surface area contributed by atoms with Gasteiger partial charge in [-0.1, -0.05) is 0 Å². The van der Waals surface area contributed by atoms with E-state index in [2.05, 4.69) is 4.98 Å². The van der Waals surface area contributed by atoms with Gasteiger partial charge in [0.15, 0.2) is 5.01 Å². The molecule has 92 valence electrons. The highest BCUT2D eigenvalue weighted by molar-refractivity contribution is 7.09. The van der Waals surface area contributed by atoms with E-state index in [0.717, 1.165) is 6.20 Å². The first kappa shape index (κ1) is 14.7. The first-order valence-electron chi connectivity index (χ1n) is 3.32. The van der Waals surface area contributed by atoms with Crippen LogP contribution in [-0.4, -0.2) is 22.2 Å². The van der Waals surface area contributed by atoms with Gasteiger partial charge in [0.05, 0.1) is 0 Å². The predicted octanol–water partition coefficient (Wildman–Crippen LogP) is 2.80. The molecule has 0 aliphatic rings. The number of carbonyl (C=O) groups is 1. The number of aromatic nitrogens is 1. The van der Waals surface area contributed by atoms with E-state index in [-0.39, 0.29) is 0 Å². The SMILES string of the molecule is FC(F)(F)c1nccs1.O=C(O)C(F)(F)F. The Morgan fingerprint density at radius 2 is 1.69 bits per heavy atom. The topological polar surface area (TPSA) is 50.2 Å². The van der Waals surface area contributed by atoms with E-state index < -0.39 is 23.3 Å². The lowest BCUT2D eigenvalue weighted by molar-refractivity contribution is -0.192. The number of carboxylic acid groups (broad SMARTS) is 1. The second kappa shape index (κ2) is 5.14. The number of hydrogen-bond donors (Lipinski definition) is 1. The van der Waals surface area contributed by atoms with Gasteiger partial charge in [-0.3, -0.25) is 0 Å². The van der Waals surface area contributed by atoms with E-state index >= 15 is 0 Å². The monoisotopic (exact) mass is 267 g/mol. The zero-order valence-electron chi connectivity index (χ0n) is 7.13. The average Bonchev–Trinajstić information content (AvgIpc) is 2.52. The van der Waals surface area contributed by atoms with Crippen LogP contribution in [0.15, 0.2) is 11.6 Å². The molecule has 0 fully saturated rings. The van der Waals surface area contributed by atoms with Crippen LogP contribution in [0, 0.1) is 0 Å². The van der Waals surface area contributed by atoms with Crippen LogP contribution in [0.25, 0.3) is 0 Å². The standard InChI is InChI=1S/C4H2F3NS.C2HF3O2/c5-4(6,7)3-8-1-2-9-3;3-2(4,5)1(6)7/h1-2H;(H,6,7). The Morgan fingerprint density at radius 3 is 1.81 bits per heavy atom. The molecular weight excluding hydrogens is 264 g/mol. The second-order valence-corrected chi connectivity index (χ2v) is 3.03. The Balaban J connectivity index is 0.000000293. The number of nitrogens with zero attached hydrogens (tertiary/aromatic N) is 1. The third-order valence-corrected chi connectivity index (χ3v) is 1.74. The maximum Gasteiger partial charge on any atom is 0.490 e. The van der Waals surface area contributed by atoms with Gasteiger partial charge in [0.1, 0.15) is 0 Å². The van der Waals surface area contributed by atoms with E-state index in [0.29, 0.717) is 11.3 Å². The Labute approximate surface area is 88.3 Å². The van der Waals surface area contributed by atoms with Crippen LogP contribution in [0.5, 0.6) is 0 Å². The Kier molecular flexibility index (Phi) is 4.72. The van der Waals surface area contributed by atoms with Gasteiger partial charge in [-0.05, 0) is 0 Å². The quantitative estimate of drug-likeness (QED) is 0.735. The van der Waals surface area contributed by atoms with Crippen molar-refractivity contribution in [3.63, 3.8) is 0 Å². The van der Waals surface area contributed by atoms with Crippen LogP contribution < -0.4 is 0 Å². The summed E-state index contributed by atoms with van der Waals surface area (Å²) in [6.45, 7) is 0. The highest BCUT2D eigenvalue weighted by Crippen LogP contribution is 2.30. The summed E-state index contributed by atoms with van der Waals surface area (Å²) in [5.41, 5.74) is 0. The van der Waals surface area contributed by atoms with E-state index in [9.17, 15) is 26.3 Å². The molecule has 3 nitrogen and oxygen atoms in total. The average molecular weight is 267 g/mol. The van der Waals surface area contributed by atoms with Crippen LogP contribution in [0.1, 0.15) is 5.01 Å². The van der Waals surface area contributed by atoms with Gasteiger partial charge >= 0.3 is 18.3 Å². The number of aliphatic carboxylic acids is 1. The number of alkyl halides is 6. The number of rotatable bonds is 0. The van der Waals surface area contributed by atoms with Gasteiger partial charge in [0.25, 0.3) is 0 Å². The van der Waals surface area contributed by atoms with Crippen molar-refractivity contribution in [2.24, 2.45) is 0 Å². The Bertz CT molecular complexity index is 330. The third-order valence-electron chi connectivity index (χ3n) is 0.917. The number of halogens is 6. The van der Waals surface area contributed by atoms with E-state index in [4.69, 9.17) is 9.90 Å². The normalized spacial score (nSPS) is 11.6. The van der Waals surface area contributed by atoms with Gasteiger partial charge in [-0.2, -0.15) is 26.3 Å². The summed E-state index contributed by atoms with van der Waals surface area (Å²) in [5.74, 6) is -2.76. The number of thiazole rings is 1. The summed E-state index contributed by atoms with van der Waals surface area (Å²) in [5, 5.41) is 7.63. The predicted molar refractivity (Wildman–Crippen MR) is 40.8 cm³/mol. The van der Waals surface area contributed by atoms with Crippen molar-refractivity contribution in [3.05, 3.63) is 16.6 Å². The Hall–Kier alpha value is -1.32. The summed E-state index contributed by atoms with van der Waals surface area (Å²) >= 11 is 0.594. The summed E-state index contributed by atoms with van der Waals surface area (Å²) in [7, 11) is 0. The molecule has 0 atom stereocenters. The van der Waals surface area contributed by atoms with E-state index in [1.165, 1.54) is 5.38 Å². The van der Waals surface area contributed by atoms with Crippen molar-refractivity contribution < 1.29 is 36.2 Å². The van der Waals surface area contributed by atoms with Crippen LogP contribution in [0.2, 0.25) is 0 Å². The second-order valence-electron chi connectivity index (χ2n) is 2.14. The lowest BCUT2D eigenvalue weighted by Crippen LogP contribution is -2.21. The molecule has 0 saturated heterocycles. The first-order chi connectivity index (χ1) is 7.05. The van der Waals surface area contributed by atoms with Crippen molar-refractivity contribution in [1.82, 2.24) is 4.98 Å². The molecule has 0 unspecified atom stereocenters. The lowest BCUT2D eigenvalue weighted by Gasteiger charge is -1.97. The van der Waals surface area contributed by atoms with Gasteiger partial charge in [0.2, 0.25) is 0 Å². The lowest BCUT2D eigenvalue weighted by atomic mass is 10.7. The van der Waals surface area contributed by atoms with Crippen molar-refractivity contribution in [1.29, 1.82) is 0 Å². The van der Waals surface area contributed by atoms with E-state index in [1.807, 2.05) is 0 Å². The summed E-state index contributed by atoms with van der Waals surface area (Å²) in [4.78, 5) is 12.0. The van der Waals surface area contributed by atoms with Crippen LogP contribution in [0.3, 0.4) is 0 Å². The fourth-order valence-electron chi connectivity index (χ4n) is 0.363. The van der Waals surface area contributed by atoms with Crippen molar-refractivity contribution >= 4 is 17.3 Å². The summed E-state index contributed by atoms with van der Waals surface area (Å²) < 4.78 is 66.4.